The van der Waals surface area contributed by atoms with Gasteiger partial charge in [-0.2, -0.15) is 0 Å². The second kappa shape index (κ2) is 8.08. The maximum atomic E-state index is 3.57. The van der Waals surface area contributed by atoms with E-state index in [0.29, 0.717) is 6.04 Å². The molecule has 1 aliphatic heterocycles. The highest BCUT2D eigenvalue weighted by Gasteiger charge is 2.17. The minimum atomic E-state index is 0.678. The van der Waals surface area contributed by atoms with E-state index in [1.807, 2.05) is 0 Å². The molecular formula is C14H30N2. The lowest BCUT2D eigenvalue weighted by molar-refractivity contribution is 0.178. The van der Waals surface area contributed by atoms with Crippen molar-refractivity contribution < 1.29 is 0 Å². The van der Waals surface area contributed by atoms with Gasteiger partial charge in [0.15, 0.2) is 0 Å². The van der Waals surface area contributed by atoms with Crippen LogP contribution in [0.15, 0.2) is 0 Å². The van der Waals surface area contributed by atoms with Crippen molar-refractivity contribution in [1.82, 2.24) is 10.2 Å². The van der Waals surface area contributed by atoms with Crippen LogP contribution in [-0.4, -0.2) is 37.1 Å². The summed E-state index contributed by atoms with van der Waals surface area (Å²) in [5.41, 5.74) is 0. The number of piperidine rings is 1. The van der Waals surface area contributed by atoms with Crippen LogP contribution in [-0.2, 0) is 0 Å². The van der Waals surface area contributed by atoms with E-state index in [4.69, 9.17) is 0 Å². The van der Waals surface area contributed by atoms with E-state index >= 15 is 0 Å². The summed E-state index contributed by atoms with van der Waals surface area (Å²) in [7, 11) is 0. The van der Waals surface area contributed by atoms with Crippen molar-refractivity contribution in [3.05, 3.63) is 0 Å². The average molecular weight is 226 g/mol. The van der Waals surface area contributed by atoms with Crippen LogP contribution in [0.4, 0.5) is 0 Å². The molecular weight excluding hydrogens is 196 g/mol. The molecule has 0 aliphatic carbocycles. The van der Waals surface area contributed by atoms with Crippen molar-refractivity contribution >= 4 is 0 Å². The third-order valence-electron chi connectivity index (χ3n) is 3.94. The van der Waals surface area contributed by atoms with Gasteiger partial charge in [0.25, 0.3) is 0 Å². The number of nitrogens with zero attached hydrogens (tertiary/aromatic N) is 1. The average Bonchev–Trinajstić information content (AvgIpc) is 2.31. The van der Waals surface area contributed by atoms with Gasteiger partial charge in [0.05, 0.1) is 0 Å². The van der Waals surface area contributed by atoms with Gasteiger partial charge in [-0.05, 0) is 45.2 Å². The molecule has 1 heterocycles. The fourth-order valence-corrected chi connectivity index (χ4v) is 2.52. The van der Waals surface area contributed by atoms with Crippen LogP contribution in [0, 0.1) is 5.92 Å². The van der Waals surface area contributed by atoms with E-state index in [2.05, 4.69) is 31.0 Å². The maximum absolute atomic E-state index is 3.57. The van der Waals surface area contributed by atoms with E-state index in [-0.39, 0.29) is 0 Å². The molecule has 0 aromatic heterocycles. The second-order valence-electron chi connectivity index (χ2n) is 5.34. The molecule has 0 spiro atoms. The molecule has 1 aliphatic rings. The SMILES string of the molecule is CCCC1CCN(CCNC(C)CC)CC1. The molecule has 0 bridgehead atoms. The summed E-state index contributed by atoms with van der Waals surface area (Å²) in [6, 6.07) is 0.678. The maximum Gasteiger partial charge on any atom is 0.0107 e. The number of likely N-dealkylation sites (tertiary alicyclic amines) is 1. The normalized spacial score (nSPS) is 21.2. The van der Waals surface area contributed by atoms with Gasteiger partial charge in [-0.25, -0.2) is 0 Å². The molecule has 2 heteroatoms. The van der Waals surface area contributed by atoms with Gasteiger partial charge in [-0.3, -0.25) is 0 Å². The summed E-state index contributed by atoms with van der Waals surface area (Å²) in [4.78, 5) is 2.63. The van der Waals surface area contributed by atoms with Gasteiger partial charge >= 0.3 is 0 Å². The first-order valence-corrected chi connectivity index (χ1v) is 7.22. The molecule has 0 saturated carbocycles. The Labute approximate surface area is 102 Å². The zero-order valence-corrected chi connectivity index (χ0v) is 11.5. The van der Waals surface area contributed by atoms with Crippen LogP contribution in [0.25, 0.3) is 0 Å². The lowest BCUT2D eigenvalue weighted by atomic mass is 9.92. The zero-order valence-electron chi connectivity index (χ0n) is 11.5. The standard InChI is InChI=1S/C14H30N2/c1-4-6-14-7-10-16(11-8-14)12-9-15-13(3)5-2/h13-15H,4-12H2,1-3H3. The number of nitrogens with one attached hydrogen (secondary N) is 1. The van der Waals surface area contributed by atoms with Crippen LogP contribution < -0.4 is 5.32 Å². The number of hydrogen-bond donors (Lipinski definition) is 1. The minimum absolute atomic E-state index is 0.678. The molecule has 16 heavy (non-hydrogen) atoms. The van der Waals surface area contributed by atoms with Crippen LogP contribution in [0.2, 0.25) is 0 Å². The van der Waals surface area contributed by atoms with Gasteiger partial charge in [0.1, 0.15) is 0 Å². The fraction of sp³-hybridized carbons (Fsp3) is 1.00. The first kappa shape index (κ1) is 14.0. The molecule has 0 aromatic carbocycles. The van der Waals surface area contributed by atoms with Gasteiger partial charge in [-0.15, -0.1) is 0 Å². The lowest BCUT2D eigenvalue weighted by Crippen LogP contribution is -2.40. The van der Waals surface area contributed by atoms with Crippen molar-refractivity contribution in [3.63, 3.8) is 0 Å². The third-order valence-corrected chi connectivity index (χ3v) is 3.94. The Bertz CT molecular complexity index is 162. The molecule has 0 amide bonds. The Morgan fingerprint density at radius 1 is 1.25 bits per heavy atom. The summed E-state index contributed by atoms with van der Waals surface area (Å²) < 4.78 is 0. The van der Waals surface area contributed by atoms with Gasteiger partial charge in [0, 0.05) is 19.1 Å². The van der Waals surface area contributed by atoms with Crippen molar-refractivity contribution in [3.8, 4) is 0 Å². The summed E-state index contributed by atoms with van der Waals surface area (Å²) in [6.45, 7) is 11.9. The molecule has 0 radical (unpaired) electrons. The van der Waals surface area contributed by atoms with Crippen LogP contribution in [0.1, 0.15) is 52.9 Å². The highest BCUT2D eigenvalue weighted by atomic mass is 15.1. The first-order chi connectivity index (χ1) is 7.76. The van der Waals surface area contributed by atoms with Crippen LogP contribution in [0.3, 0.4) is 0 Å². The Kier molecular flexibility index (Phi) is 7.06. The van der Waals surface area contributed by atoms with E-state index in [1.165, 1.54) is 51.7 Å². The highest BCUT2D eigenvalue weighted by molar-refractivity contribution is 4.73. The monoisotopic (exact) mass is 226 g/mol. The first-order valence-electron chi connectivity index (χ1n) is 7.22. The minimum Gasteiger partial charge on any atom is -0.313 e. The molecule has 1 fully saturated rings. The van der Waals surface area contributed by atoms with Crippen molar-refractivity contribution in [1.29, 1.82) is 0 Å². The quantitative estimate of drug-likeness (QED) is 0.718. The largest absolute Gasteiger partial charge is 0.313 e. The highest BCUT2D eigenvalue weighted by Crippen LogP contribution is 2.21. The second-order valence-corrected chi connectivity index (χ2v) is 5.34. The molecule has 1 unspecified atom stereocenters. The Morgan fingerprint density at radius 3 is 2.50 bits per heavy atom. The summed E-state index contributed by atoms with van der Waals surface area (Å²) >= 11 is 0. The smallest absolute Gasteiger partial charge is 0.0107 e. The summed E-state index contributed by atoms with van der Waals surface area (Å²) in [6.07, 6.45) is 6.89. The Hall–Kier alpha value is -0.0800. The lowest BCUT2D eigenvalue weighted by Gasteiger charge is -2.32. The van der Waals surface area contributed by atoms with E-state index < -0.39 is 0 Å². The van der Waals surface area contributed by atoms with Crippen molar-refractivity contribution in [2.45, 2.75) is 58.9 Å². The predicted octanol–water partition coefficient (Wildman–Crippen LogP) is 2.89. The summed E-state index contributed by atoms with van der Waals surface area (Å²) in [5.74, 6) is 1.02. The molecule has 1 rings (SSSR count). The van der Waals surface area contributed by atoms with Crippen molar-refractivity contribution in [2.24, 2.45) is 5.92 Å². The predicted molar refractivity (Wildman–Crippen MR) is 71.8 cm³/mol. The van der Waals surface area contributed by atoms with Gasteiger partial charge in [0.2, 0.25) is 0 Å². The molecule has 1 atom stereocenters. The van der Waals surface area contributed by atoms with Crippen LogP contribution >= 0.6 is 0 Å². The number of rotatable bonds is 7. The molecule has 96 valence electrons. The third kappa shape index (κ3) is 5.31. The Morgan fingerprint density at radius 2 is 1.94 bits per heavy atom. The van der Waals surface area contributed by atoms with E-state index in [1.54, 1.807) is 0 Å². The Balaban J connectivity index is 2.03. The zero-order chi connectivity index (χ0) is 11.8. The molecule has 1 saturated heterocycles. The van der Waals surface area contributed by atoms with E-state index in [9.17, 15) is 0 Å². The molecule has 0 aromatic rings. The molecule has 1 N–H and O–H groups in total. The van der Waals surface area contributed by atoms with Crippen LogP contribution in [0.5, 0.6) is 0 Å². The summed E-state index contributed by atoms with van der Waals surface area (Å²) in [5, 5.41) is 3.57. The topological polar surface area (TPSA) is 15.3 Å². The molecule has 2 nitrogen and oxygen atoms in total. The van der Waals surface area contributed by atoms with E-state index in [0.717, 1.165) is 12.5 Å². The van der Waals surface area contributed by atoms with Gasteiger partial charge < -0.3 is 10.2 Å². The van der Waals surface area contributed by atoms with Crippen molar-refractivity contribution in [2.75, 3.05) is 26.2 Å². The van der Waals surface area contributed by atoms with Gasteiger partial charge in [-0.1, -0.05) is 26.7 Å². The fourth-order valence-electron chi connectivity index (χ4n) is 2.52. The number of hydrogen-bond acceptors (Lipinski definition) is 2.